The monoisotopic (exact) mass is 1020 g/mol. The van der Waals surface area contributed by atoms with Crippen LogP contribution in [0.15, 0.2) is 231 Å². The van der Waals surface area contributed by atoms with Crippen molar-refractivity contribution in [3.05, 3.63) is 248 Å². The van der Waals surface area contributed by atoms with Crippen molar-refractivity contribution in [1.29, 1.82) is 5.26 Å². The molecule has 4 aromatic heterocycles. The van der Waals surface area contributed by atoms with E-state index in [1.807, 2.05) is 22.7 Å². The molecule has 0 unspecified atom stereocenters. The molecule has 0 bridgehead atoms. The number of hydrogen-bond donors (Lipinski definition) is 0. The fourth-order valence-corrected chi connectivity index (χ4v) is 15.6. The van der Waals surface area contributed by atoms with E-state index in [4.69, 9.17) is 0 Å². The summed E-state index contributed by atoms with van der Waals surface area (Å²) in [6.07, 6.45) is 0. The molecule has 6 heteroatoms. The molecule has 13 aromatic carbocycles. The largest absolute Gasteiger partial charge is 0.306 e. The first kappa shape index (κ1) is 43.2. The molecule has 0 aliphatic rings. The number of rotatable bonds is 4. The zero-order valence-corrected chi connectivity index (χ0v) is 43.2. The molecule has 0 radical (unpaired) electrons. The van der Waals surface area contributed by atoms with Crippen molar-refractivity contribution in [2.75, 3.05) is 0 Å². The van der Waals surface area contributed by atoms with Gasteiger partial charge in [0.2, 0.25) is 5.69 Å². The SMILES string of the molecule is [C-]#[N+]c1c(C#N)c(-c2ccc3ccc4ccccc4c3c2)c(-n2c3ccccc3c3ccc4c5ccccc5sc4c32)c(-n2c3ccccc3c3ccc4c5ccccc5sc4c32)c1-c1ccc2ccc3ccccc3c2c1. The first-order valence-corrected chi connectivity index (χ1v) is 27.8. The summed E-state index contributed by atoms with van der Waals surface area (Å²) in [5, 5.41) is 30.4. The van der Waals surface area contributed by atoms with Crippen LogP contribution in [0, 0.1) is 17.9 Å². The van der Waals surface area contributed by atoms with E-state index in [-0.39, 0.29) is 0 Å². The minimum atomic E-state index is 0.311. The maximum atomic E-state index is 12.3. The topological polar surface area (TPSA) is 38.0 Å². The zero-order chi connectivity index (χ0) is 51.3. The van der Waals surface area contributed by atoms with Crippen molar-refractivity contribution in [1.82, 2.24) is 9.13 Å². The lowest BCUT2D eigenvalue weighted by Gasteiger charge is -2.27. The van der Waals surface area contributed by atoms with Crippen LogP contribution in [-0.4, -0.2) is 9.13 Å². The number of aromatic nitrogens is 2. The number of para-hydroxylation sites is 2. The van der Waals surface area contributed by atoms with Crippen molar-refractivity contribution in [2.24, 2.45) is 0 Å². The van der Waals surface area contributed by atoms with Gasteiger partial charge in [0.05, 0.1) is 61.0 Å². The van der Waals surface area contributed by atoms with Crippen LogP contribution in [0.2, 0.25) is 0 Å². The molecular formula is C72H38N4S2. The molecule has 0 atom stereocenters. The smallest absolute Gasteiger partial charge is 0.215 e. The molecule has 0 aliphatic carbocycles. The molecule has 0 fully saturated rings. The minimum absolute atomic E-state index is 0.311. The van der Waals surface area contributed by atoms with E-state index in [1.165, 1.54) is 30.9 Å². The number of hydrogen-bond acceptors (Lipinski definition) is 3. The Bertz CT molecular complexity index is 5270. The lowest BCUT2D eigenvalue weighted by molar-refractivity contribution is 1.10. The summed E-state index contributed by atoms with van der Waals surface area (Å²) < 4.78 is 9.71. The summed E-state index contributed by atoms with van der Waals surface area (Å²) in [4.78, 5) is 4.62. The van der Waals surface area contributed by atoms with Gasteiger partial charge in [-0.3, -0.25) is 0 Å². The Kier molecular flexibility index (Phi) is 8.98. The van der Waals surface area contributed by atoms with Gasteiger partial charge in [-0.05, 0) is 90.6 Å². The average molecular weight is 1020 g/mol. The highest BCUT2D eigenvalue weighted by atomic mass is 32.1. The Labute approximate surface area is 454 Å². The van der Waals surface area contributed by atoms with E-state index in [9.17, 15) is 11.8 Å². The number of thiophene rings is 2. The van der Waals surface area contributed by atoms with Crippen LogP contribution >= 0.6 is 22.7 Å². The lowest BCUT2D eigenvalue weighted by Crippen LogP contribution is -2.10. The first-order valence-electron chi connectivity index (χ1n) is 26.2. The Morgan fingerprint density at radius 2 is 0.744 bits per heavy atom. The highest BCUT2D eigenvalue weighted by Crippen LogP contribution is 2.55. The maximum absolute atomic E-state index is 12.3. The number of benzene rings is 13. The van der Waals surface area contributed by atoms with E-state index in [1.54, 1.807) is 0 Å². The van der Waals surface area contributed by atoms with Crippen molar-refractivity contribution >= 4 is 155 Å². The Morgan fingerprint density at radius 1 is 0.359 bits per heavy atom. The molecule has 0 spiro atoms. The van der Waals surface area contributed by atoms with Gasteiger partial charge in [-0.2, -0.15) is 5.26 Å². The summed E-state index contributed by atoms with van der Waals surface area (Å²) in [5.41, 5.74) is 9.58. The third-order valence-electron chi connectivity index (χ3n) is 16.5. The molecule has 0 amide bonds. The van der Waals surface area contributed by atoms with Crippen molar-refractivity contribution in [3.8, 4) is 39.7 Å². The van der Waals surface area contributed by atoms with E-state index in [0.29, 0.717) is 22.4 Å². The van der Waals surface area contributed by atoms with Crippen LogP contribution in [0.3, 0.4) is 0 Å². The molecule has 17 rings (SSSR count). The second-order valence-corrected chi connectivity index (χ2v) is 22.5. The summed E-state index contributed by atoms with van der Waals surface area (Å²) in [6.45, 7) is 9.56. The van der Waals surface area contributed by atoms with Gasteiger partial charge in [0.25, 0.3) is 0 Å². The van der Waals surface area contributed by atoms with Crippen LogP contribution < -0.4 is 0 Å². The third-order valence-corrected chi connectivity index (χ3v) is 18.9. The highest BCUT2D eigenvalue weighted by Gasteiger charge is 2.33. The van der Waals surface area contributed by atoms with Crippen molar-refractivity contribution < 1.29 is 0 Å². The predicted molar refractivity (Wildman–Crippen MR) is 333 cm³/mol. The summed E-state index contributed by atoms with van der Waals surface area (Å²) in [6, 6.07) is 86.0. The van der Waals surface area contributed by atoms with E-state index in [2.05, 4.69) is 251 Å². The van der Waals surface area contributed by atoms with E-state index in [0.717, 1.165) is 119 Å². The Morgan fingerprint density at radius 3 is 1.23 bits per heavy atom. The maximum Gasteiger partial charge on any atom is 0.215 e. The van der Waals surface area contributed by atoms with Crippen LogP contribution in [0.1, 0.15) is 5.56 Å². The predicted octanol–water partition coefficient (Wildman–Crippen LogP) is 21.0. The molecule has 17 aromatic rings. The second kappa shape index (κ2) is 16.2. The summed E-state index contributed by atoms with van der Waals surface area (Å²) in [7, 11) is 0. The quantitative estimate of drug-likeness (QED) is 0.128. The number of fused-ring (bicyclic) bond motifs is 20. The standard InChI is InChI=1S/C72H38N4S2/c1-74-66-59(40-73)64(45-32-30-43-28-26-41-14-2-4-16-47(41)57(43)38-45)69(75-60-22-10-6-18-49(60)53-34-36-55-51-20-8-12-24-62(51)77-71(55)67(53)75)70(65(66)46-33-31-44-29-27-42-15-3-5-17-48(42)58(44)39-46)76-61-23-11-7-19-50(61)54-35-37-56-52-21-9-13-25-63(52)78-72(56)68(54)76/h2-39H. The fraction of sp³-hybridized carbons (Fsp3) is 0. The number of nitrogens with zero attached hydrogens (tertiary/aromatic N) is 4. The molecule has 0 saturated heterocycles. The van der Waals surface area contributed by atoms with Crippen molar-refractivity contribution in [3.63, 3.8) is 0 Å². The minimum Gasteiger partial charge on any atom is -0.306 e. The molecule has 0 N–H and O–H groups in total. The molecule has 0 saturated carbocycles. The second-order valence-electron chi connectivity index (χ2n) is 20.4. The highest BCUT2D eigenvalue weighted by molar-refractivity contribution is 7.27. The van der Waals surface area contributed by atoms with Crippen LogP contribution in [0.4, 0.5) is 5.69 Å². The summed E-state index contributed by atoms with van der Waals surface area (Å²) in [5.74, 6) is 0. The Hall–Kier alpha value is -10.1. The van der Waals surface area contributed by atoms with Gasteiger partial charge in [0, 0.05) is 63.6 Å². The lowest BCUT2D eigenvalue weighted by atomic mass is 9.87. The van der Waals surface area contributed by atoms with E-state index >= 15 is 0 Å². The zero-order valence-electron chi connectivity index (χ0n) is 41.5. The van der Waals surface area contributed by atoms with Crippen LogP contribution in [-0.2, 0) is 0 Å². The van der Waals surface area contributed by atoms with Gasteiger partial charge in [0.1, 0.15) is 0 Å². The van der Waals surface area contributed by atoms with Gasteiger partial charge in [-0.15, -0.1) is 22.7 Å². The van der Waals surface area contributed by atoms with Gasteiger partial charge in [-0.1, -0.05) is 194 Å². The third kappa shape index (κ3) is 5.85. The van der Waals surface area contributed by atoms with Crippen LogP contribution in [0.25, 0.3) is 166 Å². The van der Waals surface area contributed by atoms with E-state index < -0.39 is 0 Å². The Balaban J connectivity index is 1.19. The average Bonchev–Trinajstić information content (AvgIpc) is 4.29. The van der Waals surface area contributed by atoms with Crippen molar-refractivity contribution in [2.45, 2.75) is 0 Å². The first-order chi connectivity index (χ1) is 38.6. The molecule has 4 heterocycles. The molecule has 78 heavy (non-hydrogen) atoms. The fourth-order valence-electron chi connectivity index (χ4n) is 13.2. The van der Waals surface area contributed by atoms with Gasteiger partial charge >= 0.3 is 0 Å². The normalized spacial score (nSPS) is 12.1. The molecule has 4 nitrogen and oxygen atoms in total. The molecular weight excluding hydrogens is 985 g/mol. The number of nitriles is 1. The summed E-state index contributed by atoms with van der Waals surface area (Å²) >= 11 is 3.63. The molecule has 0 aliphatic heterocycles. The van der Waals surface area contributed by atoms with Gasteiger partial charge in [-0.25, -0.2) is 4.85 Å². The molecule has 358 valence electrons. The van der Waals surface area contributed by atoms with Gasteiger partial charge in [0.15, 0.2) is 0 Å². The van der Waals surface area contributed by atoms with Crippen LogP contribution in [0.5, 0.6) is 0 Å². The van der Waals surface area contributed by atoms with Gasteiger partial charge < -0.3 is 9.13 Å².